The highest BCUT2D eigenvalue weighted by atomic mass is 15.0. The quantitative estimate of drug-likeness (QED) is 0.393. The van der Waals surface area contributed by atoms with Crippen LogP contribution in [0.4, 0.5) is 0 Å². The molecule has 0 amide bonds. The van der Waals surface area contributed by atoms with Gasteiger partial charge < -0.3 is 4.57 Å². The first-order valence-corrected chi connectivity index (χ1v) is 10.7. The van der Waals surface area contributed by atoms with Gasteiger partial charge in [-0.3, -0.25) is 0 Å². The van der Waals surface area contributed by atoms with E-state index in [1.165, 1.54) is 42.4 Å². The van der Waals surface area contributed by atoms with Crippen LogP contribution in [-0.4, -0.2) is 9.55 Å². The Labute approximate surface area is 169 Å². The van der Waals surface area contributed by atoms with Crippen molar-refractivity contribution in [1.82, 2.24) is 9.55 Å². The maximum atomic E-state index is 9.82. The van der Waals surface area contributed by atoms with E-state index in [4.69, 9.17) is 4.98 Å². The fourth-order valence-electron chi connectivity index (χ4n) is 4.08. The average molecular weight is 374 g/mol. The molecule has 3 aromatic rings. The van der Waals surface area contributed by atoms with Gasteiger partial charge in [-0.05, 0) is 42.5 Å². The molecule has 0 fully saturated rings. The summed E-state index contributed by atoms with van der Waals surface area (Å²) in [7, 11) is 0. The van der Waals surface area contributed by atoms with Gasteiger partial charge in [-0.1, -0.05) is 64.7 Å². The molecular weight excluding hydrogens is 342 g/mol. The molecular formula is C25H31N3. The van der Waals surface area contributed by atoms with Crippen LogP contribution < -0.4 is 0 Å². The molecule has 0 aliphatic carbocycles. The minimum absolute atomic E-state index is 0.541. The SMILES string of the molecule is CCCCCCCn1ccc2cc(-c3c(CC)cccc3CC)nc(C#N)c21. The van der Waals surface area contributed by atoms with Crippen LogP contribution in [0.2, 0.25) is 0 Å². The molecule has 0 aliphatic heterocycles. The Bertz CT molecular complexity index is 953. The van der Waals surface area contributed by atoms with E-state index in [1.54, 1.807) is 0 Å². The van der Waals surface area contributed by atoms with Crippen molar-refractivity contribution in [3.05, 3.63) is 53.3 Å². The average Bonchev–Trinajstić information content (AvgIpc) is 3.15. The number of nitriles is 1. The molecule has 2 aromatic heterocycles. The number of rotatable bonds is 9. The first-order chi connectivity index (χ1) is 13.7. The third kappa shape index (κ3) is 4.12. The maximum Gasteiger partial charge on any atom is 0.165 e. The fourth-order valence-corrected chi connectivity index (χ4v) is 4.08. The second kappa shape index (κ2) is 9.55. The van der Waals surface area contributed by atoms with Crippen molar-refractivity contribution in [3.8, 4) is 17.3 Å². The zero-order valence-corrected chi connectivity index (χ0v) is 17.5. The lowest BCUT2D eigenvalue weighted by molar-refractivity contribution is 0.577. The van der Waals surface area contributed by atoms with Gasteiger partial charge in [0.1, 0.15) is 6.07 Å². The standard InChI is InChI=1S/C25H31N3/c1-4-7-8-9-10-15-28-16-14-21-17-22(27-23(18-26)25(21)28)24-19(5-2)12-11-13-20(24)6-3/h11-14,16-17H,4-10,15H2,1-3H3. The van der Waals surface area contributed by atoms with Gasteiger partial charge in [-0.15, -0.1) is 0 Å². The summed E-state index contributed by atoms with van der Waals surface area (Å²) in [5, 5.41) is 10.9. The van der Waals surface area contributed by atoms with E-state index in [1.807, 2.05) is 0 Å². The third-order valence-corrected chi connectivity index (χ3v) is 5.61. The van der Waals surface area contributed by atoms with Gasteiger partial charge in [0, 0.05) is 23.7 Å². The number of nitrogens with zero attached hydrogens (tertiary/aromatic N) is 3. The smallest absolute Gasteiger partial charge is 0.165 e. The second-order valence-electron chi connectivity index (χ2n) is 7.49. The van der Waals surface area contributed by atoms with Crippen molar-refractivity contribution in [2.24, 2.45) is 0 Å². The van der Waals surface area contributed by atoms with Crippen molar-refractivity contribution in [3.63, 3.8) is 0 Å². The lowest BCUT2D eigenvalue weighted by atomic mass is 9.94. The van der Waals surface area contributed by atoms with Gasteiger partial charge in [0.2, 0.25) is 0 Å². The molecule has 28 heavy (non-hydrogen) atoms. The molecule has 0 aliphatic rings. The summed E-state index contributed by atoms with van der Waals surface area (Å²) in [6, 6.07) is 13.1. The summed E-state index contributed by atoms with van der Waals surface area (Å²) < 4.78 is 2.21. The predicted molar refractivity (Wildman–Crippen MR) is 117 cm³/mol. The number of hydrogen-bond donors (Lipinski definition) is 0. The Balaban J connectivity index is 2.00. The summed E-state index contributed by atoms with van der Waals surface area (Å²) in [6.45, 7) is 7.55. The van der Waals surface area contributed by atoms with Gasteiger partial charge >= 0.3 is 0 Å². The van der Waals surface area contributed by atoms with Crippen LogP contribution in [0.15, 0.2) is 36.5 Å². The Morgan fingerprint density at radius 1 is 0.964 bits per heavy atom. The number of benzene rings is 1. The first kappa shape index (κ1) is 20.1. The number of aromatic nitrogens is 2. The second-order valence-corrected chi connectivity index (χ2v) is 7.49. The van der Waals surface area contributed by atoms with E-state index < -0.39 is 0 Å². The molecule has 2 heterocycles. The predicted octanol–water partition coefficient (Wildman–Crippen LogP) is 6.67. The lowest BCUT2D eigenvalue weighted by Crippen LogP contribution is -2.01. The molecule has 0 spiro atoms. The van der Waals surface area contributed by atoms with Gasteiger partial charge in [0.25, 0.3) is 0 Å². The molecule has 0 saturated carbocycles. The van der Waals surface area contributed by atoms with Crippen LogP contribution in [-0.2, 0) is 19.4 Å². The normalized spacial score (nSPS) is 11.1. The Morgan fingerprint density at radius 2 is 1.68 bits per heavy atom. The molecule has 0 N–H and O–H groups in total. The summed E-state index contributed by atoms with van der Waals surface area (Å²) in [5.74, 6) is 0. The zero-order chi connectivity index (χ0) is 19.9. The molecule has 1 aromatic carbocycles. The van der Waals surface area contributed by atoms with Crippen LogP contribution in [0.1, 0.15) is 69.7 Å². The maximum absolute atomic E-state index is 9.82. The molecule has 3 rings (SSSR count). The topological polar surface area (TPSA) is 41.6 Å². The molecule has 0 saturated heterocycles. The number of aryl methyl sites for hydroxylation is 3. The summed E-state index contributed by atoms with van der Waals surface area (Å²) in [5.41, 5.74) is 6.25. The minimum atomic E-state index is 0.541. The molecule has 0 radical (unpaired) electrons. The first-order valence-electron chi connectivity index (χ1n) is 10.7. The van der Waals surface area contributed by atoms with E-state index in [0.29, 0.717) is 5.69 Å². The van der Waals surface area contributed by atoms with Gasteiger partial charge in [-0.2, -0.15) is 5.26 Å². The highest BCUT2D eigenvalue weighted by Gasteiger charge is 2.15. The Kier molecular flexibility index (Phi) is 6.87. The highest BCUT2D eigenvalue weighted by Crippen LogP contribution is 2.31. The van der Waals surface area contributed by atoms with Crippen LogP contribution in [0, 0.1) is 11.3 Å². The van der Waals surface area contributed by atoms with Crippen molar-refractivity contribution in [1.29, 1.82) is 5.26 Å². The Morgan fingerprint density at radius 3 is 2.32 bits per heavy atom. The van der Waals surface area contributed by atoms with E-state index in [2.05, 4.69) is 67.9 Å². The summed E-state index contributed by atoms with van der Waals surface area (Å²) in [4.78, 5) is 4.82. The molecule has 0 unspecified atom stereocenters. The van der Waals surface area contributed by atoms with Crippen molar-refractivity contribution in [2.45, 2.75) is 72.3 Å². The van der Waals surface area contributed by atoms with Crippen LogP contribution in [0.3, 0.4) is 0 Å². The number of hydrogen-bond acceptors (Lipinski definition) is 2. The summed E-state index contributed by atoms with van der Waals surface area (Å²) in [6.07, 6.45) is 10.3. The molecule has 3 heteroatoms. The molecule has 0 atom stereocenters. The number of fused-ring (bicyclic) bond motifs is 1. The highest BCUT2D eigenvalue weighted by molar-refractivity contribution is 5.88. The third-order valence-electron chi connectivity index (χ3n) is 5.61. The molecule has 0 bridgehead atoms. The monoisotopic (exact) mass is 373 g/mol. The van der Waals surface area contributed by atoms with Gasteiger partial charge in [0.15, 0.2) is 5.69 Å². The Hall–Kier alpha value is -2.60. The summed E-state index contributed by atoms with van der Waals surface area (Å²) >= 11 is 0. The molecule has 3 nitrogen and oxygen atoms in total. The van der Waals surface area contributed by atoms with Crippen LogP contribution >= 0.6 is 0 Å². The lowest BCUT2D eigenvalue weighted by Gasteiger charge is -2.14. The van der Waals surface area contributed by atoms with Crippen molar-refractivity contribution in [2.75, 3.05) is 0 Å². The van der Waals surface area contributed by atoms with E-state index in [0.717, 1.165) is 42.4 Å². The van der Waals surface area contributed by atoms with Crippen LogP contribution in [0.5, 0.6) is 0 Å². The van der Waals surface area contributed by atoms with Crippen molar-refractivity contribution >= 4 is 10.9 Å². The van der Waals surface area contributed by atoms with E-state index in [9.17, 15) is 5.26 Å². The number of pyridine rings is 1. The largest absolute Gasteiger partial charge is 0.345 e. The van der Waals surface area contributed by atoms with Crippen molar-refractivity contribution < 1.29 is 0 Å². The van der Waals surface area contributed by atoms with Gasteiger partial charge in [0.05, 0.1) is 11.2 Å². The van der Waals surface area contributed by atoms with E-state index >= 15 is 0 Å². The number of unbranched alkanes of at least 4 members (excludes halogenated alkanes) is 4. The minimum Gasteiger partial charge on any atom is -0.345 e. The molecule has 146 valence electrons. The zero-order valence-electron chi connectivity index (χ0n) is 17.5. The fraction of sp³-hybridized carbons (Fsp3) is 0.440. The van der Waals surface area contributed by atoms with E-state index in [-0.39, 0.29) is 0 Å². The van der Waals surface area contributed by atoms with Gasteiger partial charge in [-0.25, -0.2) is 4.98 Å². The van der Waals surface area contributed by atoms with Crippen LogP contribution in [0.25, 0.3) is 22.2 Å².